The first-order chi connectivity index (χ1) is 7.47. The van der Waals surface area contributed by atoms with Crippen LogP contribution in [0.5, 0.6) is 0 Å². The summed E-state index contributed by atoms with van der Waals surface area (Å²) in [6.07, 6.45) is 0. The first kappa shape index (κ1) is 12.5. The minimum atomic E-state index is 0.105. The van der Waals surface area contributed by atoms with Gasteiger partial charge in [0, 0.05) is 23.5 Å². The van der Waals surface area contributed by atoms with Gasteiger partial charge in [0.15, 0.2) is 5.78 Å². The predicted octanol–water partition coefficient (Wildman–Crippen LogP) is 3.56. The number of carbonyl (C=O) groups excluding carboxylic acids is 1. The van der Waals surface area contributed by atoms with E-state index in [9.17, 15) is 4.79 Å². The molecular weight excluding hydrogens is 198 g/mol. The van der Waals surface area contributed by atoms with Crippen LogP contribution >= 0.6 is 0 Å². The Balaban J connectivity index is 3.16. The third-order valence-corrected chi connectivity index (χ3v) is 2.67. The molecule has 2 nitrogen and oxygen atoms in total. The van der Waals surface area contributed by atoms with E-state index in [0.29, 0.717) is 0 Å². The number of hydrogen-bond acceptors (Lipinski definition) is 2. The molecule has 0 radical (unpaired) electrons. The Morgan fingerprint density at radius 1 is 1.38 bits per heavy atom. The Hall–Kier alpha value is -1.57. The summed E-state index contributed by atoms with van der Waals surface area (Å²) < 4.78 is 0. The van der Waals surface area contributed by atoms with Gasteiger partial charge in [-0.15, -0.1) is 0 Å². The summed E-state index contributed by atoms with van der Waals surface area (Å²) in [7, 11) is 0. The fourth-order valence-corrected chi connectivity index (χ4v) is 1.82. The second kappa shape index (κ2) is 4.97. The van der Waals surface area contributed by atoms with Gasteiger partial charge in [-0.05, 0) is 51.5 Å². The molecule has 0 N–H and O–H groups in total. The lowest BCUT2D eigenvalue weighted by atomic mass is 10.1. The molecule has 0 aromatic heterocycles. The lowest BCUT2D eigenvalue weighted by molar-refractivity contribution is 0.101. The minimum absolute atomic E-state index is 0.105. The number of ketones is 1. The van der Waals surface area contributed by atoms with Crippen LogP contribution in [-0.2, 0) is 0 Å². The highest BCUT2D eigenvalue weighted by molar-refractivity contribution is 5.94. The standard InChI is InChI=1S/C14H19NO/c1-6-15(10(2)3)14-8-7-13(12(5)16)9-11(14)4/h7-9H,2,6H2,1,3-5H3. The molecule has 1 rings (SSSR count). The zero-order valence-corrected chi connectivity index (χ0v) is 10.5. The maximum absolute atomic E-state index is 11.3. The molecule has 0 fully saturated rings. The number of nitrogens with zero attached hydrogens (tertiary/aromatic N) is 1. The number of rotatable bonds is 4. The van der Waals surface area contributed by atoms with E-state index in [1.807, 2.05) is 32.0 Å². The van der Waals surface area contributed by atoms with Crippen molar-refractivity contribution in [2.75, 3.05) is 11.4 Å². The normalized spacial score (nSPS) is 10.0. The van der Waals surface area contributed by atoms with Gasteiger partial charge >= 0.3 is 0 Å². The molecule has 2 heteroatoms. The van der Waals surface area contributed by atoms with Gasteiger partial charge < -0.3 is 4.90 Å². The second-order valence-electron chi connectivity index (χ2n) is 4.04. The number of aryl methyl sites for hydroxylation is 1. The van der Waals surface area contributed by atoms with Crippen molar-refractivity contribution in [2.24, 2.45) is 0 Å². The molecule has 0 aliphatic carbocycles. The molecule has 0 heterocycles. The maximum Gasteiger partial charge on any atom is 0.159 e. The molecule has 0 amide bonds. The Bertz CT molecular complexity index is 421. The Kier molecular flexibility index (Phi) is 3.88. The van der Waals surface area contributed by atoms with Crippen molar-refractivity contribution in [3.05, 3.63) is 41.6 Å². The van der Waals surface area contributed by atoms with Crippen molar-refractivity contribution in [2.45, 2.75) is 27.7 Å². The quantitative estimate of drug-likeness (QED) is 0.719. The first-order valence-corrected chi connectivity index (χ1v) is 5.52. The number of allylic oxidation sites excluding steroid dienone is 1. The number of anilines is 1. The van der Waals surface area contributed by atoms with Gasteiger partial charge in [0.2, 0.25) is 0 Å². The highest BCUT2D eigenvalue weighted by atomic mass is 16.1. The molecule has 0 saturated heterocycles. The average Bonchev–Trinajstić information content (AvgIpc) is 2.20. The zero-order chi connectivity index (χ0) is 12.3. The molecule has 0 atom stereocenters. The van der Waals surface area contributed by atoms with Crippen LogP contribution in [0.1, 0.15) is 36.7 Å². The molecule has 0 saturated carbocycles. The Morgan fingerprint density at radius 2 is 2.00 bits per heavy atom. The summed E-state index contributed by atoms with van der Waals surface area (Å²) in [4.78, 5) is 13.4. The second-order valence-corrected chi connectivity index (χ2v) is 4.04. The summed E-state index contributed by atoms with van der Waals surface area (Å²) >= 11 is 0. The molecule has 1 aromatic carbocycles. The van der Waals surface area contributed by atoms with Gasteiger partial charge in [-0.1, -0.05) is 6.58 Å². The predicted molar refractivity (Wildman–Crippen MR) is 69.0 cm³/mol. The molecule has 0 spiro atoms. The van der Waals surface area contributed by atoms with Crippen LogP contribution in [0.2, 0.25) is 0 Å². The lowest BCUT2D eigenvalue weighted by Gasteiger charge is -2.25. The van der Waals surface area contributed by atoms with Crippen LogP contribution in [0.25, 0.3) is 0 Å². The first-order valence-electron chi connectivity index (χ1n) is 5.52. The number of benzene rings is 1. The molecule has 0 bridgehead atoms. The van der Waals surface area contributed by atoms with Crippen LogP contribution in [0.3, 0.4) is 0 Å². The van der Waals surface area contributed by atoms with Crippen LogP contribution in [-0.4, -0.2) is 12.3 Å². The van der Waals surface area contributed by atoms with Crippen LogP contribution in [0.15, 0.2) is 30.5 Å². The summed E-state index contributed by atoms with van der Waals surface area (Å²) in [6.45, 7) is 12.5. The van der Waals surface area contributed by atoms with Crippen LogP contribution in [0.4, 0.5) is 5.69 Å². The average molecular weight is 217 g/mol. The monoisotopic (exact) mass is 217 g/mol. The van der Waals surface area contributed by atoms with Crippen molar-refractivity contribution in [1.82, 2.24) is 0 Å². The highest BCUT2D eigenvalue weighted by Gasteiger charge is 2.09. The molecule has 1 aromatic rings. The molecule has 86 valence electrons. The third kappa shape index (κ3) is 2.51. The maximum atomic E-state index is 11.3. The molecule has 16 heavy (non-hydrogen) atoms. The minimum Gasteiger partial charge on any atom is -0.346 e. The van der Waals surface area contributed by atoms with E-state index in [-0.39, 0.29) is 5.78 Å². The van der Waals surface area contributed by atoms with E-state index >= 15 is 0 Å². The van der Waals surface area contributed by atoms with E-state index in [1.54, 1.807) is 6.92 Å². The van der Waals surface area contributed by atoms with E-state index in [1.165, 1.54) is 0 Å². The van der Waals surface area contributed by atoms with Crippen molar-refractivity contribution in [1.29, 1.82) is 0 Å². The Morgan fingerprint density at radius 3 is 2.38 bits per heavy atom. The SMILES string of the molecule is C=C(C)N(CC)c1ccc(C(C)=O)cc1C. The molecule has 0 aliphatic rings. The molecular formula is C14H19NO. The van der Waals surface area contributed by atoms with Crippen LogP contribution in [0, 0.1) is 6.92 Å². The van der Waals surface area contributed by atoms with E-state index in [0.717, 1.165) is 29.1 Å². The van der Waals surface area contributed by atoms with Gasteiger partial charge in [0.25, 0.3) is 0 Å². The Labute approximate surface area is 97.6 Å². The van der Waals surface area contributed by atoms with Crippen molar-refractivity contribution < 1.29 is 4.79 Å². The lowest BCUT2D eigenvalue weighted by Crippen LogP contribution is -2.20. The summed E-state index contributed by atoms with van der Waals surface area (Å²) in [5, 5.41) is 0. The summed E-state index contributed by atoms with van der Waals surface area (Å²) in [5.41, 5.74) is 4.01. The van der Waals surface area contributed by atoms with E-state index < -0.39 is 0 Å². The van der Waals surface area contributed by atoms with Gasteiger partial charge in [0.05, 0.1) is 0 Å². The third-order valence-electron chi connectivity index (χ3n) is 2.67. The van der Waals surface area contributed by atoms with E-state index in [4.69, 9.17) is 0 Å². The highest BCUT2D eigenvalue weighted by Crippen LogP contribution is 2.24. The van der Waals surface area contributed by atoms with Crippen molar-refractivity contribution >= 4 is 11.5 Å². The topological polar surface area (TPSA) is 20.3 Å². The number of hydrogen-bond donors (Lipinski definition) is 0. The fourth-order valence-electron chi connectivity index (χ4n) is 1.82. The zero-order valence-electron chi connectivity index (χ0n) is 10.5. The van der Waals surface area contributed by atoms with Gasteiger partial charge in [0.1, 0.15) is 0 Å². The molecule has 0 aliphatic heterocycles. The van der Waals surface area contributed by atoms with Gasteiger partial charge in [-0.2, -0.15) is 0 Å². The van der Waals surface area contributed by atoms with Gasteiger partial charge in [-0.3, -0.25) is 4.79 Å². The van der Waals surface area contributed by atoms with E-state index in [2.05, 4.69) is 18.4 Å². The summed E-state index contributed by atoms with van der Waals surface area (Å²) in [5.74, 6) is 0.105. The summed E-state index contributed by atoms with van der Waals surface area (Å²) in [6, 6.07) is 5.80. The smallest absolute Gasteiger partial charge is 0.159 e. The van der Waals surface area contributed by atoms with Crippen LogP contribution < -0.4 is 4.90 Å². The van der Waals surface area contributed by atoms with Gasteiger partial charge in [-0.25, -0.2) is 0 Å². The largest absolute Gasteiger partial charge is 0.346 e. The fraction of sp³-hybridized carbons (Fsp3) is 0.357. The van der Waals surface area contributed by atoms with Crippen molar-refractivity contribution in [3.63, 3.8) is 0 Å². The van der Waals surface area contributed by atoms with Crippen molar-refractivity contribution in [3.8, 4) is 0 Å². The molecule has 0 unspecified atom stereocenters. The number of Topliss-reactive ketones (excluding diaryl/α,β-unsaturated/α-hetero) is 1. The number of carbonyl (C=O) groups is 1.